The quantitative estimate of drug-likeness (QED) is 0.280. The van der Waals surface area contributed by atoms with Gasteiger partial charge in [-0.3, -0.25) is 4.79 Å². The third-order valence-corrected chi connectivity index (χ3v) is 8.44. The van der Waals surface area contributed by atoms with Crippen molar-refractivity contribution in [3.05, 3.63) is 132 Å². The van der Waals surface area contributed by atoms with Crippen LogP contribution in [0.15, 0.2) is 101 Å². The molecule has 0 aliphatic carbocycles. The highest BCUT2D eigenvalue weighted by molar-refractivity contribution is 7.15. The Bertz CT molecular complexity index is 1890. The summed E-state index contributed by atoms with van der Waals surface area (Å²) < 4.78 is 8.90. The number of ether oxygens (including phenoxy) is 1. The van der Waals surface area contributed by atoms with Gasteiger partial charge in [-0.15, -0.1) is 11.3 Å². The fourth-order valence-electron chi connectivity index (χ4n) is 4.90. The van der Waals surface area contributed by atoms with E-state index in [0.29, 0.717) is 9.49 Å². The van der Waals surface area contributed by atoms with E-state index in [9.17, 15) is 4.79 Å². The SMILES string of the molecule is Cc1ccc([C@H]2C(/C=c3\sc4nc5ccccc5n4c3=O)=C(c3cccs3)Oc3ccccc32)cc1. The minimum absolute atomic E-state index is 0.0526. The third-order valence-electron chi connectivity index (χ3n) is 6.60. The molecule has 0 spiro atoms. The Kier molecular flexibility index (Phi) is 4.91. The summed E-state index contributed by atoms with van der Waals surface area (Å²) in [7, 11) is 0. The fraction of sp³-hybridized carbons (Fsp3) is 0.0667. The van der Waals surface area contributed by atoms with Gasteiger partial charge in [-0.2, -0.15) is 0 Å². The number of benzene rings is 3. The van der Waals surface area contributed by atoms with Gasteiger partial charge in [0.2, 0.25) is 0 Å². The molecule has 3 aromatic heterocycles. The molecule has 1 aliphatic rings. The van der Waals surface area contributed by atoms with Crippen molar-refractivity contribution < 1.29 is 4.74 Å². The van der Waals surface area contributed by atoms with Crippen LogP contribution in [0.1, 0.15) is 27.5 Å². The lowest BCUT2D eigenvalue weighted by Crippen LogP contribution is -2.24. The van der Waals surface area contributed by atoms with E-state index in [2.05, 4.69) is 48.7 Å². The van der Waals surface area contributed by atoms with Crippen LogP contribution in [-0.2, 0) is 0 Å². The van der Waals surface area contributed by atoms with Gasteiger partial charge in [-0.25, -0.2) is 9.38 Å². The summed E-state index contributed by atoms with van der Waals surface area (Å²) in [5.41, 5.74) is 6.05. The highest BCUT2D eigenvalue weighted by atomic mass is 32.1. The predicted molar refractivity (Wildman–Crippen MR) is 148 cm³/mol. The summed E-state index contributed by atoms with van der Waals surface area (Å²) in [4.78, 5) is 20.1. The number of imidazole rings is 1. The molecule has 0 fully saturated rings. The number of rotatable bonds is 3. The molecule has 174 valence electrons. The van der Waals surface area contributed by atoms with Crippen molar-refractivity contribution in [2.24, 2.45) is 0 Å². The molecule has 0 N–H and O–H groups in total. The van der Waals surface area contributed by atoms with E-state index in [1.807, 2.05) is 54.6 Å². The summed E-state index contributed by atoms with van der Waals surface area (Å²) in [6, 6.07) is 28.7. The molecule has 1 aliphatic heterocycles. The minimum atomic E-state index is -0.0711. The molecule has 0 amide bonds. The van der Waals surface area contributed by atoms with Crippen LogP contribution in [-0.4, -0.2) is 9.38 Å². The van der Waals surface area contributed by atoms with Crippen molar-refractivity contribution >= 4 is 50.5 Å². The first-order valence-electron chi connectivity index (χ1n) is 11.7. The predicted octanol–water partition coefficient (Wildman–Crippen LogP) is 6.41. The van der Waals surface area contributed by atoms with Crippen LogP contribution in [0.25, 0.3) is 27.8 Å². The maximum absolute atomic E-state index is 13.6. The van der Waals surface area contributed by atoms with Crippen LogP contribution in [0.5, 0.6) is 5.75 Å². The Hall–Kier alpha value is -4.00. The topological polar surface area (TPSA) is 43.6 Å². The number of hydrogen-bond donors (Lipinski definition) is 0. The highest BCUT2D eigenvalue weighted by Crippen LogP contribution is 2.47. The number of nitrogens with zero attached hydrogens (tertiary/aromatic N) is 2. The average molecular weight is 505 g/mol. The molecule has 36 heavy (non-hydrogen) atoms. The van der Waals surface area contributed by atoms with Gasteiger partial charge in [0, 0.05) is 17.1 Å². The summed E-state index contributed by atoms with van der Waals surface area (Å²) >= 11 is 3.06. The first-order valence-corrected chi connectivity index (χ1v) is 13.4. The zero-order valence-corrected chi connectivity index (χ0v) is 21.0. The Labute approximate surface area is 215 Å². The molecule has 6 heteroatoms. The second-order valence-corrected chi connectivity index (χ2v) is 10.8. The van der Waals surface area contributed by atoms with Crippen LogP contribution in [0.4, 0.5) is 0 Å². The Balaban J connectivity index is 1.54. The van der Waals surface area contributed by atoms with Crippen molar-refractivity contribution in [3.8, 4) is 5.75 Å². The summed E-state index contributed by atoms with van der Waals surface area (Å²) in [6.45, 7) is 2.09. The van der Waals surface area contributed by atoms with E-state index in [0.717, 1.165) is 44.1 Å². The molecule has 0 radical (unpaired) electrons. The molecule has 6 aromatic rings. The molecule has 0 saturated heterocycles. The second-order valence-electron chi connectivity index (χ2n) is 8.88. The highest BCUT2D eigenvalue weighted by Gasteiger charge is 2.31. The number of aryl methyl sites for hydroxylation is 1. The standard InChI is InChI=1S/C30H20N2O2S2/c1-18-12-14-19(15-13-18)27-20-7-2-5-10-24(20)34-28(25-11-6-16-35-25)21(27)17-26-29(33)32-23-9-4-3-8-22(23)31-30(32)36-26/h2-17,27H,1H3/b26-17-/t27-/m1/s1. The molecular weight excluding hydrogens is 484 g/mol. The molecule has 3 aromatic carbocycles. The lowest BCUT2D eigenvalue weighted by atomic mass is 9.81. The summed E-state index contributed by atoms with van der Waals surface area (Å²) in [5, 5.41) is 2.05. The number of aromatic nitrogens is 2. The third kappa shape index (κ3) is 3.33. The zero-order valence-electron chi connectivity index (χ0n) is 19.3. The number of allylic oxidation sites excluding steroid dienone is 1. The number of thiazole rings is 1. The second kappa shape index (κ2) is 8.29. The summed E-state index contributed by atoms with van der Waals surface area (Å²) in [6.07, 6.45) is 2.02. The van der Waals surface area contributed by atoms with Crippen LogP contribution >= 0.6 is 22.7 Å². The van der Waals surface area contributed by atoms with E-state index in [4.69, 9.17) is 9.72 Å². The van der Waals surface area contributed by atoms with Crippen LogP contribution in [0.3, 0.4) is 0 Å². The molecule has 0 saturated carbocycles. The maximum Gasteiger partial charge on any atom is 0.274 e. The van der Waals surface area contributed by atoms with Gasteiger partial charge in [0.25, 0.3) is 5.56 Å². The van der Waals surface area contributed by atoms with Gasteiger partial charge in [0.1, 0.15) is 11.5 Å². The molecule has 0 unspecified atom stereocenters. The van der Waals surface area contributed by atoms with Crippen molar-refractivity contribution in [2.45, 2.75) is 12.8 Å². The number of hydrogen-bond acceptors (Lipinski definition) is 5. The molecule has 4 nitrogen and oxygen atoms in total. The van der Waals surface area contributed by atoms with Crippen molar-refractivity contribution in [2.75, 3.05) is 0 Å². The number of para-hydroxylation sites is 3. The van der Waals surface area contributed by atoms with Gasteiger partial charge < -0.3 is 4.74 Å². The normalized spacial score (nSPS) is 16.0. The van der Waals surface area contributed by atoms with Crippen LogP contribution in [0, 0.1) is 6.92 Å². The number of fused-ring (bicyclic) bond motifs is 4. The van der Waals surface area contributed by atoms with Gasteiger partial charge in [-0.05, 0) is 48.2 Å². The van der Waals surface area contributed by atoms with Crippen LogP contribution < -0.4 is 14.8 Å². The molecular formula is C30H20N2O2S2. The lowest BCUT2D eigenvalue weighted by molar-refractivity contribution is 0.490. The lowest BCUT2D eigenvalue weighted by Gasteiger charge is -2.29. The molecule has 7 rings (SSSR count). The van der Waals surface area contributed by atoms with E-state index in [1.54, 1.807) is 15.7 Å². The summed E-state index contributed by atoms with van der Waals surface area (Å²) in [5.74, 6) is 1.57. The fourth-order valence-corrected chi connectivity index (χ4v) is 6.61. The molecule has 1 atom stereocenters. The Morgan fingerprint density at radius 2 is 1.75 bits per heavy atom. The zero-order chi connectivity index (χ0) is 24.2. The Morgan fingerprint density at radius 3 is 2.58 bits per heavy atom. The van der Waals surface area contributed by atoms with E-state index in [-0.39, 0.29) is 11.5 Å². The van der Waals surface area contributed by atoms with Gasteiger partial charge in [-0.1, -0.05) is 77.6 Å². The minimum Gasteiger partial charge on any atom is -0.455 e. The van der Waals surface area contributed by atoms with E-state index < -0.39 is 0 Å². The van der Waals surface area contributed by atoms with Gasteiger partial charge in [0.05, 0.1) is 20.4 Å². The average Bonchev–Trinajstić information content (AvgIpc) is 3.62. The van der Waals surface area contributed by atoms with E-state index >= 15 is 0 Å². The van der Waals surface area contributed by atoms with Gasteiger partial charge >= 0.3 is 0 Å². The van der Waals surface area contributed by atoms with Crippen LogP contribution in [0.2, 0.25) is 0 Å². The van der Waals surface area contributed by atoms with Gasteiger partial charge in [0.15, 0.2) is 4.96 Å². The largest absolute Gasteiger partial charge is 0.455 e. The van der Waals surface area contributed by atoms with Crippen molar-refractivity contribution in [3.63, 3.8) is 0 Å². The molecule has 0 bridgehead atoms. The Morgan fingerprint density at radius 1 is 0.944 bits per heavy atom. The van der Waals surface area contributed by atoms with Crippen molar-refractivity contribution in [1.29, 1.82) is 0 Å². The van der Waals surface area contributed by atoms with E-state index in [1.165, 1.54) is 16.9 Å². The first-order chi connectivity index (χ1) is 17.7. The maximum atomic E-state index is 13.6. The first kappa shape index (κ1) is 21.3. The van der Waals surface area contributed by atoms with Crippen molar-refractivity contribution in [1.82, 2.24) is 9.38 Å². The monoisotopic (exact) mass is 504 g/mol. The smallest absolute Gasteiger partial charge is 0.274 e. The number of thiophene rings is 1. The molecule has 4 heterocycles.